The molecule has 2 aliphatic carbocycles. The predicted molar refractivity (Wildman–Crippen MR) is 116 cm³/mol. The monoisotopic (exact) mass is 415 g/mol. The molecule has 0 radical (unpaired) electrons. The van der Waals surface area contributed by atoms with Gasteiger partial charge in [-0.05, 0) is 61.8 Å². The van der Waals surface area contributed by atoms with E-state index < -0.39 is 0 Å². The largest absolute Gasteiger partial charge is 0.383 e. The Bertz CT molecular complexity index is 1180. The van der Waals surface area contributed by atoms with Gasteiger partial charge in [0.1, 0.15) is 11.5 Å². The molecule has 0 unspecified atom stereocenters. The maximum absolute atomic E-state index is 13.5. The molecule has 7 nitrogen and oxygen atoms in total. The fraction of sp³-hybridized carbons (Fsp3) is 0.417. The van der Waals surface area contributed by atoms with Crippen LogP contribution >= 0.6 is 0 Å². The molecule has 1 amide bonds. The van der Waals surface area contributed by atoms with Gasteiger partial charge in [-0.25, -0.2) is 9.97 Å². The van der Waals surface area contributed by atoms with Crippen molar-refractivity contribution in [3.05, 3.63) is 58.7 Å². The van der Waals surface area contributed by atoms with Gasteiger partial charge >= 0.3 is 0 Å². The summed E-state index contributed by atoms with van der Waals surface area (Å²) in [5.41, 5.74) is 11.4. The number of fused-ring (bicyclic) bond motifs is 3. The average Bonchev–Trinajstić information content (AvgIpc) is 3.70. The summed E-state index contributed by atoms with van der Waals surface area (Å²) in [5.74, 6) is 1.10. The van der Waals surface area contributed by atoms with Crippen molar-refractivity contribution in [1.29, 1.82) is 0 Å². The highest BCUT2D eigenvalue weighted by atomic mass is 16.5. The van der Waals surface area contributed by atoms with Crippen molar-refractivity contribution >= 4 is 22.6 Å². The van der Waals surface area contributed by atoms with Crippen LogP contribution in [0.1, 0.15) is 77.5 Å². The topological polar surface area (TPSA) is 94.2 Å². The molecule has 3 aromatic rings. The first-order chi connectivity index (χ1) is 15.1. The summed E-state index contributed by atoms with van der Waals surface area (Å²) in [7, 11) is 0. The highest BCUT2D eigenvalue weighted by Gasteiger charge is 2.34. The number of pyridine rings is 3. The van der Waals surface area contributed by atoms with Crippen molar-refractivity contribution in [2.24, 2.45) is 0 Å². The van der Waals surface area contributed by atoms with Crippen LogP contribution in [0.25, 0.3) is 10.9 Å². The molecular formula is C24H25N5O2. The second-order valence-electron chi connectivity index (χ2n) is 8.95. The van der Waals surface area contributed by atoms with E-state index in [0.717, 1.165) is 35.0 Å². The zero-order chi connectivity index (χ0) is 21.1. The fourth-order valence-corrected chi connectivity index (χ4v) is 4.55. The number of ether oxygens (including phenoxy) is 1. The van der Waals surface area contributed by atoms with Gasteiger partial charge in [-0.15, -0.1) is 0 Å². The molecule has 0 aromatic carbocycles. The van der Waals surface area contributed by atoms with Gasteiger partial charge in [0.05, 0.1) is 36.7 Å². The highest BCUT2D eigenvalue weighted by molar-refractivity contribution is 5.97. The third kappa shape index (κ3) is 3.33. The molecule has 31 heavy (non-hydrogen) atoms. The molecule has 4 heterocycles. The number of amides is 1. The van der Waals surface area contributed by atoms with Crippen LogP contribution in [0, 0.1) is 0 Å². The van der Waals surface area contributed by atoms with E-state index in [1.165, 1.54) is 18.4 Å². The molecule has 0 bridgehead atoms. The van der Waals surface area contributed by atoms with Crippen LogP contribution in [0.4, 0.5) is 5.82 Å². The number of carbonyl (C=O) groups is 1. The first-order valence-corrected chi connectivity index (χ1v) is 11.0. The van der Waals surface area contributed by atoms with E-state index >= 15 is 0 Å². The zero-order valence-electron chi connectivity index (χ0n) is 17.5. The summed E-state index contributed by atoms with van der Waals surface area (Å²) in [6.07, 6.45) is 8.10. The lowest BCUT2D eigenvalue weighted by Crippen LogP contribution is -2.33. The molecule has 158 valence electrons. The minimum absolute atomic E-state index is 0.0602. The van der Waals surface area contributed by atoms with Crippen LogP contribution in [0.5, 0.6) is 0 Å². The first kappa shape index (κ1) is 18.7. The smallest absolute Gasteiger partial charge is 0.273 e. The first-order valence-electron chi connectivity index (χ1n) is 11.0. The quantitative estimate of drug-likeness (QED) is 0.680. The zero-order valence-corrected chi connectivity index (χ0v) is 17.5. The number of carbonyl (C=O) groups excluding carboxylic acids is 1. The van der Waals surface area contributed by atoms with E-state index in [1.807, 2.05) is 24.1 Å². The molecule has 0 saturated heterocycles. The highest BCUT2D eigenvalue weighted by Crippen LogP contribution is 2.40. The van der Waals surface area contributed by atoms with Crippen molar-refractivity contribution in [1.82, 2.24) is 19.9 Å². The van der Waals surface area contributed by atoms with E-state index in [1.54, 1.807) is 6.20 Å². The number of rotatable bonds is 5. The Kier molecular flexibility index (Phi) is 4.21. The van der Waals surface area contributed by atoms with Gasteiger partial charge in [-0.1, -0.05) is 6.07 Å². The third-order valence-corrected chi connectivity index (χ3v) is 6.63. The van der Waals surface area contributed by atoms with Gasteiger partial charge in [0.25, 0.3) is 5.91 Å². The van der Waals surface area contributed by atoms with E-state index in [9.17, 15) is 4.79 Å². The van der Waals surface area contributed by atoms with Crippen molar-refractivity contribution < 1.29 is 9.53 Å². The maximum atomic E-state index is 13.5. The molecule has 1 aliphatic heterocycles. The maximum Gasteiger partial charge on any atom is 0.273 e. The third-order valence-electron chi connectivity index (χ3n) is 6.63. The Balaban J connectivity index is 1.31. The van der Waals surface area contributed by atoms with Crippen LogP contribution in [-0.2, 0) is 17.9 Å². The van der Waals surface area contributed by atoms with Crippen LogP contribution < -0.4 is 5.73 Å². The van der Waals surface area contributed by atoms with Crippen LogP contribution in [0.15, 0.2) is 30.6 Å². The Morgan fingerprint density at radius 2 is 2.03 bits per heavy atom. The SMILES string of the molecule is C[C@@H]1OCc2c1c(N)nc1cnc(C(=O)N(Cc3ccc(C4CC4)cn3)C3CC3)cc21. The molecule has 0 spiro atoms. The van der Waals surface area contributed by atoms with Crippen LogP contribution in [0.2, 0.25) is 0 Å². The molecule has 7 heteroatoms. The van der Waals surface area contributed by atoms with Gasteiger partial charge in [-0.3, -0.25) is 9.78 Å². The minimum atomic E-state index is -0.0909. The Hall–Kier alpha value is -3.06. The molecule has 2 saturated carbocycles. The number of anilines is 1. The number of aromatic nitrogens is 3. The second-order valence-corrected chi connectivity index (χ2v) is 8.95. The summed E-state index contributed by atoms with van der Waals surface area (Å²) < 4.78 is 5.77. The van der Waals surface area contributed by atoms with Gasteiger partial charge in [0.15, 0.2) is 0 Å². The second kappa shape index (κ2) is 6.99. The lowest BCUT2D eigenvalue weighted by molar-refractivity contribution is 0.0721. The van der Waals surface area contributed by atoms with Crippen molar-refractivity contribution in [3.8, 4) is 0 Å². The molecule has 3 aliphatic rings. The molecule has 6 rings (SSSR count). The van der Waals surface area contributed by atoms with E-state index in [0.29, 0.717) is 36.1 Å². The summed E-state index contributed by atoms with van der Waals surface area (Å²) >= 11 is 0. The van der Waals surface area contributed by atoms with Crippen LogP contribution in [-0.4, -0.2) is 31.8 Å². The minimum Gasteiger partial charge on any atom is -0.383 e. The van der Waals surface area contributed by atoms with E-state index in [2.05, 4.69) is 27.1 Å². The lowest BCUT2D eigenvalue weighted by atomic mass is 10.0. The number of nitrogens with two attached hydrogens (primary N) is 1. The van der Waals surface area contributed by atoms with Gasteiger partial charge in [0, 0.05) is 23.2 Å². The van der Waals surface area contributed by atoms with E-state index in [4.69, 9.17) is 10.5 Å². The number of nitrogen functional groups attached to an aromatic ring is 1. The van der Waals surface area contributed by atoms with Crippen LogP contribution in [0.3, 0.4) is 0 Å². The Labute approximate surface area is 180 Å². The molecule has 1 atom stereocenters. The van der Waals surface area contributed by atoms with Crippen molar-refractivity contribution in [3.63, 3.8) is 0 Å². The molecular weight excluding hydrogens is 390 g/mol. The lowest BCUT2D eigenvalue weighted by Gasteiger charge is -2.22. The summed E-state index contributed by atoms with van der Waals surface area (Å²) in [4.78, 5) is 28.9. The summed E-state index contributed by atoms with van der Waals surface area (Å²) in [6, 6.07) is 6.32. The Morgan fingerprint density at radius 3 is 2.74 bits per heavy atom. The van der Waals surface area contributed by atoms with Gasteiger partial charge < -0.3 is 15.4 Å². The summed E-state index contributed by atoms with van der Waals surface area (Å²) in [6.45, 7) is 2.95. The molecule has 2 N–H and O–H groups in total. The van der Waals surface area contributed by atoms with E-state index in [-0.39, 0.29) is 18.1 Å². The van der Waals surface area contributed by atoms with Crippen molar-refractivity contribution in [2.75, 3.05) is 5.73 Å². The number of hydrogen-bond donors (Lipinski definition) is 1. The van der Waals surface area contributed by atoms with Gasteiger partial charge in [-0.2, -0.15) is 0 Å². The molecule has 2 fully saturated rings. The molecule has 3 aromatic heterocycles. The Morgan fingerprint density at radius 1 is 1.19 bits per heavy atom. The fourth-order valence-electron chi connectivity index (χ4n) is 4.55. The number of nitrogens with zero attached hydrogens (tertiary/aromatic N) is 4. The number of hydrogen-bond acceptors (Lipinski definition) is 6. The van der Waals surface area contributed by atoms with Gasteiger partial charge in [0.2, 0.25) is 0 Å². The average molecular weight is 415 g/mol. The predicted octanol–water partition coefficient (Wildman–Crippen LogP) is 3.88. The van der Waals surface area contributed by atoms with Crippen molar-refractivity contribution in [2.45, 2.75) is 63.8 Å². The summed E-state index contributed by atoms with van der Waals surface area (Å²) in [5, 5.41) is 0.898. The normalized spacial score (nSPS) is 20.1. The standard InChI is InChI=1S/C24H25N5O2/c1-13-22-19(12-31-13)18-8-20(27-10-21(18)28-23(22)25)24(30)29(17-6-7-17)11-16-5-4-15(9-26-16)14-2-3-14/h4-5,8-10,13-14,17H,2-3,6-7,11-12H2,1H3,(H2,25,28)/t13-/m0/s1.